The fourth-order valence-electron chi connectivity index (χ4n) is 3.64. The van der Waals surface area contributed by atoms with E-state index in [2.05, 4.69) is 16.0 Å². The highest BCUT2D eigenvalue weighted by Gasteiger charge is 2.16. The molecule has 0 spiro atoms. The number of nitrogens with one attached hydrogen (secondary N) is 3. The Kier molecular flexibility index (Phi) is 10.5. The molecule has 0 radical (unpaired) electrons. The van der Waals surface area contributed by atoms with Gasteiger partial charge in [0.15, 0.2) is 0 Å². The smallest absolute Gasteiger partial charge is 0.272 e. The van der Waals surface area contributed by atoms with Crippen LogP contribution in [0.3, 0.4) is 0 Å². The fraction of sp³-hybridized carbons (Fsp3) is 0.0645. The molecule has 10 heteroatoms. The SMILES string of the molecule is COc1ccc(Cl)cc1NC(=O)CSc1cccc(NC(=O)/C(=C\c2ccc(Cl)cc2)NC(=O)c2ccccc2)c1. The summed E-state index contributed by atoms with van der Waals surface area (Å²) in [6, 6.07) is 27.5. The van der Waals surface area contributed by atoms with Crippen molar-refractivity contribution in [3.8, 4) is 5.75 Å². The molecule has 0 bridgehead atoms. The van der Waals surface area contributed by atoms with E-state index >= 15 is 0 Å². The van der Waals surface area contributed by atoms with E-state index in [1.807, 2.05) is 6.07 Å². The maximum Gasteiger partial charge on any atom is 0.272 e. The lowest BCUT2D eigenvalue weighted by molar-refractivity contribution is -0.114. The zero-order valence-electron chi connectivity index (χ0n) is 21.8. The largest absolute Gasteiger partial charge is 0.495 e. The zero-order chi connectivity index (χ0) is 29.2. The Bertz CT molecular complexity index is 1580. The van der Waals surface area contributed by atoms with Crippen molar-refractivity contribution in [1.82, 2.24) is 5.32 Å². The van der Waals surface area contributed by atoms with Gasteiger partial charge in [0.05, 0.1) is 18.6 Å². The van der Waals surface area contributed by atoms with Crippen LogP contribution in [0, 0.1) is 0 Å². The molecule has 0 saturated carbocycles. The molecule has 0 aliphatic heterocycles. The van der Waals surface area contributed by atoms with Crippen LogP contribution < -0.4 is 20.7 Å². The third kappa shape index (κ3) is 8.88. The number of anilines is 2. The number of halogens is 2. The standard InChI is InChI=1S/C31H25Cl2N3O4S/c1-40-28-15-14-23(33)17-26(28)35-29(37)19-41-25-9-5-8-24(18-25)34-31(39)27(16-20-10-12-22(32)13-11-20)36-30(38)21-6-3-2-4-7-21/h2-18H,19H2,1H3,(H,34,39)(H,35,37)(H,36,38)/b27-16+. The number of rotatable bonds is 10. The first kappa shape index (κ1) is 29.7. The Labute approximate surface area is 251 Å². The molecule has 3 amide bonds. The first-order valence-corrected chi connectivity index (χ1v) is 14.1. The molecule has 4 rings (SSSR count). The van der Waals surface area contributed by atoms with Crippen molar-refractivity contribution in [1.29, 1.82) is 0 Å². The second-order valence-corrected chi connectivity index (χ2v) is 10.5. The van der Waals surface area contributed by atoms with Gasteiger partial charge in [0.2, 0.25) is 5.91 Å². The van der Waals surface area contributed by atoms with Crippen LogP contribution in [0.15, 0.2) is 108 Å². The minimum atomic E-state index is -0.517. The highest BCUT2D eigenvalue weighted by atomic mass is 35.5. The van der Waals surface area contributed by atoms with Gasteiger partial charge >= 0.3 is 0 Å². The summed E-state index contributed by atoms with van der Waals surface area (Å²) in [6.45, 7) is 0. The summed E-state index contributed by atoms with van der Waals surface area (Å²) in [4.78, 5) is 39.5. The van der Waals surface area contributed by atoms with E-state index in [1.54, 1.807) is 97.1 Å². The van der Waals surface area contributed by atoms with Crippen molar-refractivity contribution in [2.24, 2.45) is 0 Å². The van der Waals surface area contributed by atoms with Crippen molar-refractivity contribution >= 4 is 70.1 Å². The van der Waals surface area contributed by atoms with Crippen molar-refractivity contribution in [2.45, 2.75) is 4.90 Å². The summed E-state index contributed by atoms with van der Waals surface area (Å²) in [5, 5.41) is 9.36. The van der Waals surface area contributed by atoms with Gasteiger partial charge < -0.3 is 20.7 Å². The van der Waals surface area contributed by atoms with Gasteiger partial charge in [0, 0.05) is 26.2 Å². The van der Waals surface area contributed by atoms with Gasteiger partial charge in [-0.25, -0.2) is 0 Å². The van der Waals surface area contributed by atoms with Gasteiger partial charge in [-0.3, -0.25) is 14.4 Å². The second kappa shape index (κ2) is 14.4. The Morgan fingerprint density at radius 2 is 1.56 bits per heavy atom. The van der Waals surface area contributed by atoms with Gasteiger partial charge in [0.1, 0.15) is 11.4 Å². The average molecular weight is 607 g/mol. The Hall–Kier alpha value is -4.24. The van der Waals surface area contributed by atoms with E-state index in [-0.39, 0.29) is 17.4 Å². The van der Waals surface area contributed by atoms with Crippen molar-refractivity contribution in [3.05, 3.63) is 124 Å². The van der Waals surface area contributed by atoms with Crippen molar-refractivity contribution in [3.63, 3.8) is 0 Å². The quantitative estimate of drug-likeness (QED) is 0.132. The van der Waals surface area contributed by atoms with Crippen molar-refractivity contribution in [2.75, 3.05) is 23.5 Å². The van der Waals surface area contributed by atoms with Crippen LogP contribution in [0.1, 0.15) is 15.9 Å². The molecule has 0 aliphatic carbocycles. The summed E-state index contributed by atoms with van der Waals surface area (Å²) >= 11 is 13.3. The van der Waals surface area contributed by atoms with Crippen LogP contribution in [-0.4, -0.2) is 30.6 Å². The first-order valence-electron chi connectivity index (χ1n) is 12.3. The summed E-state index contributed by atoms with van der Waals surface area (Å²) in [7, 11) is 1.51. The Morgan fingerprint density at radius 3 is 2.29 bits per heavy atom. The van der Waals surface area contributed by atoms with Crippen LogP contribution in [0.25, 0.3) is 6.08 Å². The zero-order valence-corrected chi connectivity index (χ0v) is 24.1. The third-order valence-electron chi connectivity index (χ3n) is 5.61. The lowest BCUT2D eigenvalue weighted by Crippen LogP contribution is -2.30. The van der Waals surface area contributed by atoms with E-state index in [9.17, 15) is 14.4 Å². The minimum Gasteiger partial charge on any atom is -0.495 e. The summed E-state index contributed by atoms with van der Waals surface area (Å²) < 4.78 is 5.27. The number of benzene rings is 4. The molecule has 0 fully saturated rings. The van der Waals surface area contributed by atoms with Crippen molar-refractivity contribution < 1.29 is 19.1 Å². The Balaban J connectivity index is 1.45. The molecule has 4 aromatic rings. The fourth-order valence-corrected chi connectivity index (χ4v) is 4.70. The third-order valence-corrected chi connectivity index (χ3v) is 7.09. The number of hydrogen-bond acceptors (Lipinski definition) is 5. The molecule has 208 valence electrons. The molecule has 4 aromatic carbocycles. The van der Waals surface area contributed by atoms with E-state index in [4.69, 9.17) is 27.9 Å². The number of amides is 3. The van der Waals surface area contributed by atoms with E-state index < -0.39 is 11.8 Å². The number of carbonyl (C=O) groups excluding carboxylic acids is 3. The maximum atomic E-state index is 13.3. The molecule has 0 unspecified atom stereocenters. The first-order chi connectivity index (χ1) is 19.8. The lowest BCUT2D eigenvalue weighted by atomic mass is 10.1. The topological polar surface area (TPSA) is 96.5 Å². The summed E-state index contributed by atoms with van der Waals surface area (Å²) in [5.41, 5.74) is 2.11. The Morgan fingerprint density at radius 1 is 0.829 bits per heavy atom. The molecule has 0 atom stereocenters. The van der Waals surface area contributed by atoms with Gasteiger partial charge in [-0.15, -0.1) is 11.8 Å². The molecule has 0 aromatic heterocycles. The summed E-state index contributed by atoms with van der Waals surface area (Å²) in [6.07, 6.45) is 1.57. The van der Waals surface area contributed by atoms with Crippen LogP contribution in [0.2, 0.25) is 10.0 Å². The highest BCUT2D eigenvalue weighted by molar-refractivity contribution is 8.00. The molecule has 3 N–H and O–H groups in total. The molecule has 0 aliphatic rings. The maximum absolute atomic E-state index is 13.3. The van der Waals surface area contributed by atoms with Crippen LogP contribution in [0.4, 0.5) is 11.4 Å². The molecular weight excluding hydrogens is 581 g/mol. The van der Waals surface area contributed by atoms with E-state index in [0.29, 0.717) is 38.3 Å². The highest BCUT2D eigenvalue weighted by Crippen LogP contribution is 2.28. The number of hydrogen-bond donors (Lipinski definition) is 3. The normalized spacial score (nSPS) is 11.0. The number of methoxy groups -OCH3 is 1. The van der Waals surface area contributed by atoms with Crippen LogP contribution in [-0.2, 0) is 9.59 Å². The van der Waals surface area contributed by atoms with E-state index in [1.165, 1.54) is 18.9 Å². The monoisotopic (exact) mass is 605 g/mol. The van der Waals surface area contributed by atoms with E-state index in [0.717, 1.165) is 4.90 Å². The number of ether oxygens (including phenoxy) is 1. The predicted molar refractivity (Wildman–Crippen MR) is 166 cm³/mol. The second-order valence-electron chi connectivity index (χ2n) is 8.59. The van der Waals surface area contributed by atoms with Gasteiger partial charge in [-0.1, -0.05) is 59.6 Å². The lowest BCUT2D eigenvalue weighted by Gasteiger charge is -2.13. The van der Waals surface area contributed by atoms with Crippen LogP contribution >= 0.6 is 35.0 Å². The van der Waals surface area contributed by atoms with Gasteiger partial charge in [-0.05, 0) is 72.3 Å². The summed E-state index contributed by atoms with van der Waals surface area (Å²) in [5.74, 6) is -0.576. The molecule has 0 saturated heterocycles. The number of thioether (sulfide) groups is 1. The predicted octanol–water partition coefficient (Wildman–Crippen LogP) is 7.14. The van der Waals surface area contributed by atoms with Gasteiger partial charge in [0.25, 0.3) is 11.8 Å². The van der Waals surface area contributed by atoms with Gasteiger partial charge in [-0.2, -0.15) is 0 Å². The number of carbonyl (C=O) groups is 3. The average Bonchev–Trinajstić information content (AvgIpc) is 2.97. The molecular formula is C31H25Cl2N3O4S. The minimum absolute atomic E-state index is 0.0501. The molecule has 0 heterocycles. The van der Waals surface area contributed by atoms with Crippen LogP contribution in [0.5, 0.6) is 5.75 Å². The molecule has 7 nitrogen and oxygen atoms in total. The molecule has 41 heavy (non-hydrogen) atoms.